The van der Waals surface area contributed by atoms with Crippen LogP contribution in [0.4, 0.5) is 0 Å². The zero-order valence-corrected chi connectivity index (χ0v) is 12.3. The van der Waals surface area contributed by atoms with Crippen LogP contribution in [0, 0.1) is 0 Å². The van der Waals surface area contributed by atoms with Gasteiger partial charge in [0.15, 0.2) is 10.8 Å². The molecule has 108 valence electrons. The van der Waals surface area contributed by atoms with Crippen LogP contribution in [0.5, 0.6) is 0 Å². The molecule has 0 atom stereocenters. The van der Waals surface area contributed by atoms with E-state index < -0.39 is 0 Å². The van der Waals surface area contributed by atoms with E-state index >= 15 is 0 Å². The highest BCUT2D eigenvalue weighted by Crippen LogP contribution is 2.31. The van der Waals surface area contributed by atoms with Crippen LogP contribution < -0.4 is 5.32 Å². The van der Waals surface area contributed by atoms with Gasteiger partial charge in [-0.15, -0.1) is 11.3 Å². The average molecular weight is 300 g/mol. The van der Waals surface area contributed by atoms with Crippen molar-refractivity contribution >= 4 is 21.6 Å². The van der Waals surface area contributed by atoms with Crippen LogP contribution in [0.2, 0.25) is 0 Å². The minimum absolute atomic E-state index is 0.127. The van der Waals surface area contributed by atoms with E-state index in [2.05, 4.69) is 16.4 Å². The van der Waals surface area contributed by atoms with Crippen molar-refractivity contribution < 1.29 is 9.52 Å². The van der Waals surface area contributed by atoms with Gasteiger partial charge in [0.2, 0.25) is 0 Å². The Labute approximate surface area is 126 Å². The Balaban J connectivity index is 1.48. The summed E-state index contributed by atoms with van der Waals surface area (Å²) in [6, 6.07) is 12.5. The van der Waals surface area contributed by atoms with Crippen LogP contribution in [0.3, 0.4) is 0 Å². The molecule has 1 saturated carbocycles. The summed E-state index contributed by atoms with van der Waals surface area (Å²) < 4.78 is 7.04. The molecule has 1 aliphatic rings. The molecule has 3 aromatic rings. The van der Waals surface area contributed by atoms with Gasteiger partial charge in [-0.3, -0.25) is 0 Å². The fourth-order valence-electron chi connectivity index (χ4n) is 2.56. The molecular weight excluding hydrogens is 284 g/mol. The molecule has 0 radical (unpaired) electrons. The molecule has 1 fully saturated rings. The molecule has 2 aromatic heterocycles. The van der Waals surface area contributed by atoms with Crippen LogP contribution in [0.15, 0.2) is 40.8 Å². The Morgan fingerprint density at radius 3 is 2.90 bits per heavy atom. The van der Waals surface area contributed by atoms with Crippen molar-refractivity contribution in [3.05, 3.63) is 42.2 Å². The number of furan rings is 1. The van der Waals surface area contributed by atoms with Crippen LogP contribution in [0.25, 0.3) is 21.0 Å². The third-order valence-corrected chi connectivity index (χ3v) is 4.90. The molecule has 0 saturated heterocycles. The first-order valence-corrected chi connectivity index (χ1v) is 7.96. The van der Waals surface area contributed by atoms with Gasteiger partial charge in [0.1, 0.15) is 5.76 Å². The molecule has 1 aliphatic carbocycles. The van der Waals surface area contributed by atoms with Crippen LogP contribution >= 0.6 is 11.3 Å². The summed E-state index contributed by atoms with van der Waals surface area (Å²) in [5.74, 6) is 1.73. The van der Waals surface area contributed by atoms with E-state index in [0.29, 0.717) is 12.6 Å². The number of hydrogen-bond acceptors (Lipinski definition) is 5. The van der Waals surface area contributed by atoms with Crippen LogP contribution in [0.1, 0.15) is 18.6 Å². The Kier molecular flexibility index (Phi) is 3.25. The lowest BCUT2D eigenvalue weighted by Gasteiger charge is -2.31. The molecule has 1 aromatic carbocycles. The van der Waals surface area contributed by atoms with Gasteiger partial charge >= 0.3 is 0 Å². The quantitative estimate of drug-likeness (QED) is 0.777. The van der Waals surface area contributed by atoms with E-state index in [9.17, 15) is 5.11 Å². The average Bonchev–Trinajstić information content (AvgIpc) is 3.08. The maximum Gasteiger partial charge on any atom is 0.163 e. The van der Waals surface area contributed by atoms with Gasteiger partial charge in [-0.2, -0.15) is 0 Å². The summed E-state index contributed by atoms with van der Waals surface area (Å²) in [4.78, 5) is 4.60. The Hall–Kier alpha value is -1.69. The van der Waals surface area contributed by atoms with E-state index in [0.717, 1.165) is 34.9 Å². The molecule has 2 N–H and O–H groups in total. The molecule has 21 heavy (non-hydrogen) atoms. The number of benzene rings is 1. The highest BCUT2D eigenvalue weighted by atomic mass is 32.1. The van der Waals surface area contributed by atoms with Crippen molar-refractivity contribution in [1.82, 2.24) is 10.3 Å². The first-order valence-electron chi connectivity index (χ1n) is 7.14. The van der Waals surface area contributed by atoms with Crippen molar-refractivity contribution in [2.24, 2.45) is 0 Å². The van der Waals surface area contributed by atoms with E-state index in [1.54, 1.807) is 11.3 Å². The lowest BCUT2D eigenvalue weighted by molar-refractivity contribution is 0.0612. The number of nitrogens with one attached hydrogen (secondary N) is 1. The second kappa shape index (κ2) is 5.26. The molecule has 0 amide bonds. The number of thiazole rings is 1. The lowest BCUT2D eigenvalue weighted by atomic mass is 9.89. The number of rotatable bonds is 4. The van der Waals surface area contributed by atoms with Crippen LogP contribution in [-0.4, -0.2) is 22.2 Å². The molecule has 0 bridgehead atoms. The first-order chi connectivity index (χ1) is 10.3. The maximum atomic E-state index is 9.27. The Bertz CT molecular complexity index is 725. The normalized spacial score (nSPS) is 21.6. The predicted octanol–water partition coefficient (Wildman–Crippen LogP) is 3.17. The van der Waals surface area contributed by atoms with Gasteiger partial charge in [-0.25, -0.2) is 4.98 Å². The van der Waals surface area contributed by atoms with Crippen molar-refractivity contribution in [1.29, 1.82) is 0 Å². The first kappa shape index (κ1) is 13.0. The van der Waals surface area contributed by atoms with Crippen molar-refractivity contribution in [3.8, 4) is 10.8 Å². The fourth-order valence-corrected chi connectivity index (χ4v) is 3.49. The number of nitrogens with zero attached hydrogens (tertiary/aromatic N) is 1. The van der Waals surface area contributed by atoms with E-state index in [-0.39, 0.29) is 6.10 Å². The molecule has 4 rings (SSSR count). The van der Waals surface area contributed by atoms with Gasteiger partial charge in [-0.1, -0.05) is 12.1 Å². The van der Waals surface area contributed by atoms with Gasteiger partial charge in [0.25, 0.3) is 0 Å². The standard InChI is InChI=1S/C16H16N2O2S/c19-11-7-10(8-11)17-9-12-5-6-14(20-12)16-18-13-3-1-2-4-15(13)21-16/h1-6,10-11,17,19H,7-9H2. The summed E-state index contributed by atoms with van der Waals surface area (Å²) in [7, 11) is 0. The van der Waals surface area contributed by atoms with E-state index in [4.69, 9.17) is 4.42 Å². The number of aromatic nitrogens is 1. The molecule has 0 spiro atoms. The third-order valence-electron chi connectivity index (χ3n) is 3.84. The molecule has 0 unspecified atom stereocenters. The van der Waals surface area contributed by atoms with Crippen molar-refractivity contribution in [2.75, 3.05) is 0 Å². The minimum Gasteiger partial charge on any atom is -0.457 e. The van der Waals surface area contributed by atoms with Gasteiger partial charge in [0, 0.05) is 6.04 Å². The van der Waals surface area contributed by atoms with Gasteiger partial charge in [-0.05, 0) is 37.1 Å². The zero-order chi connectivity index (χ0) is 14.2. The van der Waals surface area contributed by atoms with Crippen molar-refractivity contribution in [3.63, 3.8) is 0 Å². The molecule has 5 heteroatoms. The minimum atomic E-state index is -0.127. The number of aliphatic hydroxyl groups is 1. The zero-order valence-electron chi connectivity index (χ0n) is 11.5. The molecule has 2 heterocycles. The number of para-hydroxylation sites is 1. The topological polar surface area (TPSA) is 58.3 Å². The second-order valence-electron chi connectivity index (χ2n) is 5.46. The lowest BCUT2D eigenvalue weighted by Crippen LogP contribution is -2.43. The Morgan fingerprint density at radius 1 is 1.24 bits per heavy atom. The summed E-state index contributed by atoms with van der Waals surface area (Å²) in [5, 5.41) is 13.6. The van der Waals surface area contributed by atoms with Gasteiger partial charge < -0.3 is 14.8 Å². The predicted molar refractivity (Wildman–Crippen MR) is 83.2 cm³/mol. The summed E-state index contributed by atoms with van der Waals surface area (Å²) >= 11 is 1.65. The molecule has 4 nitrogen and oxygen atoms in total. The summed E-state index contributed by atoms with van der Waals surface area (Å²) in [5.41, 5.74) is 1.01. The Morgan fingerprint density at radius 2 is 2.10 bits per heavy atom. The van der Waals surface area contributed by atoms with Gasteiger partial charge in [0.05, 0.1) is 22.9 Å². The molecular formula is C16H16N2O2S. The monoisotopic (exact) mass is 300 g/mol. The van der Waals surface area contributed by atoms with Crippen molar-refractivity contribution in [2.45, 2.75) is 31.5 Å². The highest BCUT2D eigenvalue weighted by Gasteiger charge is 2.26. The van der Waals surface area contributed by atoms with E-state index in [1.807, 2.05) is 30.3 Å². The van der Waals surface area contributed by atoms with Crippen LogP contribution in [-0.2, 0) is 6.54 Å². The fraction of sp³-hybridized carbons (Fsp3) is 0.312. The van der Waals surface area contributed by atoms with E-state index in [1.165, 1.54) is 4.70 Å². The summed E-state index contributed by atoms with van der Waals surface area (Å²) in [6.45, 7) is 0.697. The maximum absolute atomic E-state index is 9.27. The number of hydrogen-bond donors (Lipinski definition) is 2. The largest absolute Gasteiger partial charge is 0.457 e. The highest BCUT2D eigenvalue weighted by molar-refractivity contribution is 7.21. The summed E-state index contributed by atoms with van der Waals surface area (Å²) in [6.07, 6.45) is 1.55. The number of aliphatic hydroxyl groups excluding tert-OH is 1. The second-order valence-corrected chi connectivity index (χ2v) is 6.49. The SMILES string of the molecule is OC1CC(NCc2ccc(-c3nc4ccccc4s3)o2)C1. The number of fused-ring (bicyclic) bond motifs is 1. The smallest absolute Gasteiger partial charge is 0.163 e. The molecule has 0 aliphatic heterocycles. The third kappa shape index (κ3) is 2.60.